The van der Waals surface area contributed by atoms with Crippen LogP contribution in [0.3, 0.4) is 0 Å². The molecule has 1 heterocycles. The number of carboxylic acid groups (broad SMARTS) is 1. The smallest absolute Gasteiger partial charge is 0.337 e. The van der Waals surface area contributed by atoms with Crippen molar-refractivity contribution in [3.63, 3.8) is 0 Å². The molecular weight excluding hydrogens is 254 g/mol. The molecule has 0 saturated heterocycles. The second kappa shape index (κ2) is 6.45. The fourth-order valence-corrected chi connectivity index (χ4v) is 1.74. The van der Waals surface area contributed by atoms with Crippen molar-refractivity contribution in [3.05, 3.63) is 65.0 Å². The number of pyridine rings is 1. The molecule has 0 atom stereocenters. The molecule has 0 bridgehead atoms. The Bertz CT molecular complexity index is 645. The summed E-state index contributed by atoms with van der Waals surface area (Å²) in [5.74, 6) is -0.981. The predicted octanol–water partition coefficient (Wildman–Crippen LogP) is 1.94. The van der Waals surface area contributed by atoms with Crippen molar-refractivity contribution in [2.75, 3.05) is 0 Å². The van der Waals surface area contributed by atoms with Crippen LogP contribution in [0.15, 0.2) is 42.6 Å². The molecule has 1 aromatic heterocycles. The van der Waals surface area contributed by atoms with E-state index in [2.05, 4.69) is 16.4 Å². The van der Waals surface area contributed by atoms with Crippen LogP contribution in [0.4, 0.5) is 0 Å². The van der Waals surface area contributed by atoms with Crippen LogP contribution >= 0.6 is 0 Å². The second-order valence-electron chi connectivity index (χ2n) is 4.26. The van der Waals surface area contributed by atoms with Gasteiger partial charge in [0, 0.05) is 19.3 Å². The van der Waals surface area contributed by atoms with Crippen molar-refractivity contribution in [2.45, 2.75) is 13.1 Å². The highest BCUT2D eigenvalue weighted by molar-refractivity contribution is 5.87. The summed E-state index contributed by atoms with van der Waals surface area (Å²) in [5, 5.41) is 20.8. The van der Waals surface area contributed by atoms with Gasteiger partial charge in [0.1, 0.15) is 0 Å². The number of hydrogen-bond acceptors (Lipinski definition) is 4. The van der Waals surface area contributed by atoms with Gasteiger partial charge < -0.3 is 10.4 Å². The van der Waals surface area contributed by atoms with Crippen LogP contribution in [0.1, 0.15) is 27.2 Å². The Kier molecular flexibility index (Phi) is 4.43. The topological polar surface area (TPSA) is 86.0 Å². The molecule has 0 amide bonds. The number of nitrogens with one attached hydrogen (secondary N) is 1. The molecule has 0 aliphatic heterocycles. The molecule has 2 N–H and O–H groups in total. The van der Waals surface area contributed by atoms with E-state index in [-0.39, 0.29) is 5.56 Å². The van der Waals surface area contributed by atoms with Crippen LogP contribution in [0.25, 0.3) is 0 Å². The lowest BCUT2D eigenvalue weighted by molar-refractivity contribution is 0.0696. The number of nitrogens with zero attached hydrogens (tertiary/aromatic N) is 2. The predicted molar refractivity (Wildman–Crippen MR) is 72.9 cm³/mol. The monoisotopic (exact) mass is 267 g/mol. The van der Waals surface area contributed by atoms with Gasteiger partial charge in [-0.05, 0) is 29.8 Å². The maximum atomic E-state index is 10.7. The van der Waals surface area contributed by atoms with Gasteiger partial charge in [-0.2, -0.15) is 5.26 Å². The molecule has 0 fully saturated rings. The molecule has 0 unspecified atom stereocenters. The maximum absolute atomic E-state index is 10.7. The Hall–Kier alpha value is -2.71. The Morgan fingerprint density at radius 2 is 2.15 bits per heavy atom. The molecule has 2 rings (SSSR count). The van der Waals surface area contributed by atoms with E-state index in [9.17, 15) is 4.79 Å². The van der Waals surface area contributed by atoms with E-state index in [0.29, 0.717) is 18.7 Å². The molecule has 1 aromatic carbocycles. The van der Waals surface area contributed by atoms with Crippen molar-refractivity contribution >= 4 is 5.97 Å². The molecular formula is C15H13N3O2. The van der Waals surface area contributed by atoms with Crippen molar-refractivity contribution in [1.29, 1.82) is 5.26 Å². The maximum Gasteiger partial charge on any atom is 0.337 e. The van der Waals surface area contributed by atoms with E-state index in [1.165, 1.54) is 12.3 Å². The van der Waals surface area contributed by atoms with Crippen LogP contribution in [-0.2, 0) is 13.1 Å². The van der Waals surface area contributed by atoms with Crippen molar-refractivity contribution in [1.82, 2.24) is 10.3 Å². The van der Waals surface area contributed by atoms with E-state index in [0.717, 1.165) is 11.3 Å². The third-order valence-corrected chi connectivity index (χ3v) is 2.76. The fourth-order valence-electron chi connectivity index (χ4n) is 1.74. The standard InChI is InChI=1S/C15H13N3O2/c16-7-11-2-1-3-12(6-11)8-17-10-14-5-4-13(9-18-14)15(19)20/h1-6,9,17H,8,10H2,(H,19,20). The molecule has 0 aliphatic rings. The zero-order chi connectivity index (χ0) is 14.4. The molecule has 5 nitrogen and oxygen atoms in total. The zero-order valence-corrected chi connectivity index (χ0v) is 10.7. The number of aromatic nitrogens is 1. The van der Waals surface area contributed by atoms with Crippen molar-refractivity contribution in [2.24, 2.45) is 0 Å². The average molecular weight is 267 g/mol. The highest BCUT2D eigenvalue weighted by Gasteiger charge is 2.02. The molecule has 0 spiro atoms. The van der Waals surface area contributed by atoms with E-state index in [1.807, 2.05) is 18.2 Å². The molecule has 2 aromatic rings. The third-order valence-electron chi connectivity index (χ3n) is 2.76. The minimum atomic E-state index is -0.981. The second-order valence-corrected chi connectivity index (χ2v) is 4.26. The Balaban J connectivity index is 1.89. The van der Waals surface area contributed by atoms with Crippen LogP contribution < -0.4 is 5.32 Å². The number of carboxylic acids is 1. The van der Waals surface area contributed by atoms with Crippen LogP contribution in [0, 0.1) is 11.3 Å². The van der Waals surface area contributed by atoms with Crippen LogP contribution in [-0.4, -0.2) is 16.1 Å². The number of carbonyl (C=O) groups is 1. The SMILES string of the molecule is N#Cc1cccc(CNCc2ccc(C(=O)O)cn2)c1. The normalized spacial score (nSPS) is 9.95. The lowest BCUT2D eigenvalue weighted by atomic mass is 10.1. The Labute approximate surface area is 116 Å². The number of nitriles is 1. The van der Waals surface area contributed by atoms with Gasteiger partial charge in [0.05, 0.1) is 22.9 Å². The van der Waals surface area contributed by atoms with E-state index in [4.69, 9.17) is 10.4 Å². The molecule has 0 radical (unpaired) electrons. The fraction of sp³-hybridized carbons (Fsp3) is 0.133. The average Bonchev–Trinajstić information content (AvgIpc) is 2.48. The minimum absolute atomic E-state index is 0.176. The van der Waals surface area contributed by atoms with Crippen LogP contribution in [0.5, 0.6) is 0 Å². The first-order valence-electron chi connectivity index (χ1n) is 6.07. The lowest BCUT2D eigenvalue weighted by Crippen LogP contribution is -2.14. The summed E-state index contributed by atoms with van der Waals surface area (Å²) in [4.78, 5) is 14.8. The highest BCUT2D eigenvalue weighted by atomic mass is 16.4. The van der Waals surface area contributed by atoms with Crippen molar-refractivity contribution in [3.8, 4) is 6.07 Å². The van der Waals surface area contributed by atoms with Gasteiger partial charge in [-0.3, -0.25) is 4.98 Å². The van der Waals surface area contributed by atoms with Gasteiger partial charge in [-0.1, -0.05) is 12.1 Å². The number of aromatic carboxylic acids is 1. The zero-order valence-electron chi connectivity index (χ0n) is 10.7. The van der Waals surface area contributed by atoms with Crippen molar-refractivity contribution < 1.29 is 9.90 Å². The van der Waals surface area contributed by atoms with Gasteiger partial charge in [-0.25, -0.2) is 4.79 Å². The van der Waals surface area contributed by atoms with Gasteiger partial charge in [-0.15, -0.1) is 0 Å². The largest absolute Gasteiger partial charge is 0.478 e. The van der Waals surface area contributed by atoms with E-state index >= 15 is 0 Å². The molecule has 5 heteroatoms. The van der Waals surface area contributed by atoms with Gasteiger partial charge in [0.2, 0.25) is 0 Å². The van der Waals surface area contributed by atoms with Gasteiger partial charge >= 0.3 is 5.97 Å². The first kappa shape index (κ1) is 13.7. The number of hydrogen-bond donors (Lipinski definition) is 2. The van der Waals surface area contributed by atoms with E-state index < -0.39 is 5.97 Å². The quantitative estimate of drug-likeness (QED) is 0.864. The summed E-state index contributed by atoms with van der Waals surface area (Å²) >= 11 is 0. The molecule has 0 saturated carbocycles. The summed E-state index contributed by atoms with van der Waals surface area (Å²) in [6, 6.07) is 12.7. The first-order chi connectivity index (χ1) is 9.69. The van der Waals surface area contributed by atoms with Gasteiger partial charge in [0.15, 0.2) is 0 Å². The first-order valence-corrected chi connectivity index (χ1v) is 6.07. The van der Waals surface area contributed by atoms with Gasteiger partial charge in [0.25, 0.3) is 0 Å². The summed E-state index contributed by atoms with van der Waals surface area (Å²) in [6.45, 7) is 1.16. The summed E-state index contributed by atoms with van der Waals surface area (Å²) in [7, 11) is 0. The number of rotatable bonds is 5. The molecule has 0 aliphatic carbocycles. The minimum Gasteiger partial charge on any atom is -0.478 e. The molecule has 20 heavy (non-hydrogen) atoms. The summed E-state index contributed by atoms with van der Waals surface area (Å²) in [5.41, 5.74) is 2.60. The summed E-state index contributed by atoms with van der Waals surface area (Å²) in [6.07, 6.45) is 1.34. The summed E-state index contributed by atoms with van der Waals surface area (Å²) < 4.78 is 0. The Morgan fingerprint density at radius 1 is 1.30 bits per heavy atom. The van der Waals surface area contributed by atoms with Crippen LogP contribution in [0.2, 0.25) is 0 Å². The third kappa shape index (κ3) is 3.64. The van der Waals surface area contributed by atoms with E-state index in [1.54, 1.807) is 12.1 Å². The number of benzene rings is 1. The highest BCUT2D eigenvalue weighted by Crippen LogP contribution is 2.05. The lowest BCUT2D eigenvalue weighted by Gasteiger charge is -2.05. The molecule has 100 valence electrons. The Morgan fingerprint density at radius 3 is 2.80 bits per heavy atom.